The van der Waals surface area contributed by atoms with Gasteiger partial charge in [-0.2, -0.15) is 0 Å². The zero-order valence-electron chi connectivity index (χ0n) is 18.1. The summed E-state index contributed by atoms with van der Waals surface area (Å²) in [6, 6.07) is 6.65. The predicted molar refractivity (Wildman–Crippen MR) is 112 cm³/mol. The lowest BCUT2D eigenvalue weighted by Gasteiger charge is -2.59. The van der Waals surface area contributed by atoms with Gasteiger partial charge in [-0.3, -0.25) is 4.99 Å². The second kappa shape index (κ2) is 8.29. The van der Waals surface area contributed by atoms with Crippen molar-refractivity contribution < 1.29 is 14.2 Å². The summed E-state index contributed by atoms with van der Waals surface area (Å²) in [4.78, 5) is 4.41. The lowest BCUT2D eigenvalue weighted by molar-refractivity contribution is -0.176. The van der Waals surface area contributed by atoms with E-state index in [1.807, 2.05) is 0 Å². The fourth-order valence-corrected chi connectivity index (χ4v) is 3.96. The second-order valence-corrected chi connectivity index (χ2v) is 8.70. The topological polar surface area (TPSA) is 64.1 Å². The van der Waals surface area contributed by atoms with Crippen LogP contribution >= 0.6 is 0 Å². The zero-order valence-corrected chi connectivity index (χ0v) is 18.1. The van der Waals surface area contributed by atoms with Gasteiger partial charge in [0.1, 0.15) is 11.9 Å². The zero-order chi connectivity index (χ0) is 20.4. The summed E-state index contributed by atoms with van der Waals surface area (Å²) in [6.45, 7) is 10.8. The molecule has 1 aromatic carbocycles. The van der Waals surface area contributed by atoms with Gasteiger partial charge in [-0.05, 0) is 31.9 Å². The fourth-order valence-electron chi connectivity index (χ4n) is 3.96. The minimum atomic E-state index is -0.106. The van der Waals surface area contributed by atoms with Gasteiger partial charge in [0.2, 0.25) is 0 Å². The summed E-state index contributed by atoms with van der Waals surface area (Å²) >= 11 is 0. The van der Waals surface area contributed by atoms with Crippen molar-refractivity contribution in [2.24, 2.45) is 10.4 Å². The molecule has 3 unspecified atom stereocenters. The van der Waals surface area contributed by atoms with E-state index in [9.17, 15) is 0 Å². The lowest BCUT2D eigenvalue weighted by atomic mass is 9.56. The Bertz CT molecular complexity index is 713. The monoisotopic (exact) mass is 389 g/mol. The molecule has 1 aliphatic heterocycles. The van der Waals surface area contributed by atoms with Crippen LogP contribution in [0.15, 0.2) is 23.2 Å². The number of hydrogen-bond acceptors (Lipinski definition) is 4. The van der Waals surface area contributed by atoms with E-state index in [1.165, 1.54) is 5.56 Å². The van der Waals surface area contributed by atoms with E-state index >= 15 is 0 Å². The second-order valence-electron chi connectivity index (χ2n) is 8.70. The molecular weight excluding hydrogens is 354 g/mol. The number of ether oxygens (including phenoxy) is 3. The molecule has 0 radical (unpaired) electrons. The number of aryl methyl sites for hydroxylation is 1. The summed E-state index contributed by atoms with van der Waals surface area (Å²) < 4.78 is 17.4. The molecule has 28 heavy (non-hydrogen) atoms. The highest BCUT2D eigenvalue weighted by Gasteiger charge is 2.58. The molecule has 2 aliphatic rings. The van der Waals surface area contributed by atoms with Gasteiger partial charge in [-0.15, -0.1) is 0 Å². The van der Waals surface area contributed by atoms with Gasteiger partial charge in [0.05, 0.1) is 18.8 Å². The molecule has 6 nitrogen and oxygen atoms in total. The Morgan fingerprint density at radius 2 is 2.11 bits per heavy atom. The summed E-state index contributed by atoms with van der Waals surface area (Å²) in [5.74, 6) is 1.72. The van der Waals surface area contributed by atoms with Crippen LogP contribution in [0.25, 0.3) is 0 Å². The third kappa shape index (κ3) is 4.13. The summed E-state index contributed by atoms with van der Waals surface area (Å²) in [5.41, 5.74) is 2.23. The third-order valence-corrected chi connectivity index (χ3v) is 6.66. The largest absolute Gasteiger partial charge is 0.488 e. The minimum absolute atomic E-state index is 0.0278. The molecule has 2 N–H and O–H groups in total. The first-order valence-electron chi connectivity index (χ1n) is 10.2. The van der Waals surface area contributed by atoms with Crippen LogP contribution in [0.3, 0.4) is 0 Å². The van der Waals surface area contributed by atoms with Crippen LogP contribution in [0, 0.1) is 12.3 Å². The molecule has 6 heteroatoms. The Labute approximate surface area is 169 Å². The molecule has 1 saturated carbocycles. The normalized spacial score (nSPS) is 29.3. The van der Waals surface area contributed by atoms with Crippen LogP contribution in [0.2, 0.25) is 0 Å². The standard InChI is InChI=1S/C22H35N3O3/c1-15-7-8-16(18(11-15)28-17-9-10-27-14-17)13-24-20(23-5)25-19-12-22(4,26-6)21(19,2)3/h7-8,11,17,19H,9-10,12-14H2,1-6H3,(H2,23,24,25). The smallest absolute Gasteiger partial charge is 0.191 e. The van der Waals surface area contributed by atoms with Crippen molar-refractivity contribution in [1.29, 1.82) is 0 Å². The van der Waals surface area contributed by atoms with Gasteiger partial charge >= 0.3 is 0 Å². The van der Waals surface area contributed by atoms with Crippen molar-refractivity contribution in [3.8, 4) is 5.75 Å². The maximum atomic E-state index is 6.20. The first-order valence-corrected chi connectivity index (χ1v) is 10.2. The average molecular weight is 390 g/mol. The van der Waals surface area contributed by atoms with Crippen LogP contribution in [-0.4, -0.2) is 51.1 Å². The Kier molecular flexibility index (Phi) is 6.20. The van der Waals surface area contributed by atoms with Crippen molar-refractivity contribution in [2.45, 2.75) is 64.8 Å². The molecule has 0 spiro atoms. The highest BCUT2D eigenvalue weighted by molar-refractivity contribution is 5.80. The number of methoxy groups -OCH3 is 1. The summed E-state index contributed by atoms with van der Waals surface area (Å²) in [6.07, 6.45) is 2.04. The first kappa shape index (κ1) is 20.9. The molecular formula is C22H35N3O3. The van der Waals surface area contributed by atoms with Crippen LogP contribution in [-0.2, 0) is 16.0 Å². The fraction of sp³-hybridized carbons (Fsp3) is 0.682. The molecule has 3 atom stereocenters. The SMILES string of the molecule is CN=C(NCc1ccc(C)cc1OC1CCOC1)NC1CC(C)(OC)C1(C)C. The summed E-state index contributed by atoms with van der Waals surface area (Å²) in [5, 5.41) is 6.99. The lowest BCUT2D eigenvalue weighted by Crippen LogP contribution is -2.69. The van der Waals surface area contributed by atoms with Crippen LogP contribution < -0.4 is 15.4 Å². The Morgan fingerprint density at radius 1 is 1.32 bits per heavy atom. The predicted octanol–water partition coefficient (Wildman–Crippen LogP) is 3.03. The van der Waals surface area contributed by atoms with Crippen molar-refractivity contribution >= 4 is 5.96 Å². The van der Waals surface area contributed by atoms with E-state index in [-0.39, 0.29) is 17.1 Å². The van der Waals surface area contributed by atoms with Crippen LogP contribution in [0.5, 0.6) is 5.75 Å². The minimum Gasteiger partial charge on any atom is -0.488 e. The quantitative estimate of drug-likeness (QED) is 0.578. The maximum Gasteiger partial charge on any atom is 0.191 e. The Balaban J connectivity index is 1.61. The van der Waals surface area contributed by atoms with Crippen molar-refractivity contribution in [3.63, 3.8) is 0 Å². The summed E-state index contributed by atoms with van der Waals surface area (Å²) in [7, 11) is 3.60. The van der Waals surface area contributed by atoms with E-state index in [1.54, 1.807) is 14.2 Å². The van der Waals surface area contributed by atoms with E-state index in [4.69, 9.17) is 14.2 Å². The average Bonchev–Trinajstić information content (AvgIpc) is 3.18. The molecule has 1 saturated heterocycles. The molecule has 1 aliphatic carbocycles. The number of rotatable bonds is 6. The van der Waals surface area contributed by atoms with E-state index < -0.39 is 0 Å². The molecule has 0 amide bonds. The highest BCUT2D eigenvalue weighted by atomic mass is 16.5. The Morgan fingerprint density at radius 3 is 2.71 bits per heavy atom. The number of guanidine groups is 1. The van der Waals surface area contributed by atoms with Crippen LogP contribution in [0.1, 0.15) is 44.7 Å². The molecule has 0 aromatic heterocycles. The van der Waals surface area contributed by atoms with Gasteiger partial charge in [0.25, 0.3) is 0 Å². The van der Waals surface area contributed by atoms with Gasteiger partial charge in [-0.25, -0.2) is 0 Å². The Hall–Kier alpha value is -1.79. The van der Waals surface area contributed by atoms with Crippen LogP contribution in [0.4, 0.5) is 0 Å². The van der Waals surface area contributed by atoms with E-state index in [2.05, 4.69) is 61.5 Å². The van der Waals surface area contributed by atoms with Gasteiger partial charge in [0, 0.05) is 44.1 Å². The number of hydrogen-bond donors (Lipinski definition) is 2. The van der Waals surface area contributed by atoms with Crippen molar-refractivity contribution in [3.05, 3.63) is 29.3 Å². The van der Waals surface area contributed by atoms with Gasteiger partial charge < -0.3 is 24.8 Å². The maximum absolute atomic E-state index is 6.20. The van der Waals surface area contributed by atoms with Crippen molar-refractivity contribution in [1.82, 2.24) is 10.6 Å². The number of aliphatic imine (C=N–C) groups is 1. The molecule has 1 aromatic rings. The van der Waals surface area contributed by atoms with Crippen molar-refractivity contribution in [2.75, 3.05) is 27.4 Å². The van der Waals surface area contributed by atoms with E-state index in [0.717, 1.165) is 36.7 Å². The van der Waals surface area contributed by atoms with Gasteiger partial charge in [0.15, 0.2) is 5.96 Å². The molecule has 2 fully saturated rings. The third-order valence-electron chi connectivity index (χ3n) is 6.66. The molecule has 3 rings (SSSR count). The molecule has 156 valence electrons. The number of nitrogens with one attached hydrogen (secondary N) is 2. The molecule has 0 bridgehead atoms. The number of nitrogens with zero attached hydrogens (tertiary/aromatic N) is 1. The highest BCUT2D eigenvalue weighted by Crippen LogP contribution is 2.51. The van der Waals surface area contributed by atoms with E-state index in [0.29, 0.717) is 19.2 Å². The molecule has 1 heterocycles. The first-order chi connectivity index (χ1) is 13.3. The van der Waals surface area contributed by atoms with Gasteiger partial charge in [-0.1, -0.05) is 26.0 Å². The number of benzene rings is 1.